The van der Waals surface area contributed by atoms with Crippen LogP contribution < -0.4 is 0 Å². The summed E-state index contributed by atoms with van der Waals surface area (Å²) in [5, 5.41) is 10.5. The second-order valence-corrected chi connectivity index (χ2v) is 4.38. The Morgan fingerprint density at radius 3 is 2.26 bits per heavy atom. The third kappa shape index (κ3) is 3.56. The molecule has 0 N–H and O–H groups in total. The summed E-state index contributed by atoms with van der Waals surface area (Å²) >= 11 is 0.872. The van der Waals surface area contributed by atoms with Crippen molar-refractivity contribution in [2.75, 3.05) is 0 Å². The number of rotatable bonds is 4. The third-order valence-electron chi connectivity index (χ3n) is 2.27. The van der Waals surface area contributed by atoms with Gasteiger partial charge in [-0.15, -0.1) is 0 Å². The Morgan fingerprint density at radius 1 is 1.05 bits per heavy atom. The monoisotopic (exact) mass is 275 g/mol. The van der Waals surface area contributed by atoms with Crippen LogP contribution in [0.2, 0.25) is 0 Å². The molecule has 0 aliphatic rings. The molecule has 2 aromatic rings. The zero-order valence-corrected chi connectivity index (χ0v) is 10.5. The van der Waals surface area contributed by atoms with E-state index < -0.39 is 10.9 Å². The molecular formula is C13H9NO4S. The zero-order valence-electron chi connectivity index (χ0n) is 9.68. The quantitative estimate of drug-likeness (QED) is 0.485. The molecule has 0 unspecified atom stereocenters. The van der Waals surface area contributed by atoms with E-state index in [1.807, 2.05) is 0 Å². The Morgan fingerprint density at radius 2 is 1.68 bits per heavy atom. The SMILES string of the molecule is O=C(OSc1ccc([N+](=O)[O-])cc1)c1ccccc1. The van der Waals surface area contributed by atoms with E-state index in [4.69, 9.17) is 4.18 Å². The van der Waals surface area contributed by atoms with Gasteiger partial charge < -0.3 is 4.18 Å². The average Bonchev–Trinajstić information content (AvgIpc) is 2.46. The summed E-state index contributed by atoms with van der Waals surface area (Å²) < 4.78 is 5.02. The molecule has 0 bridgehead atoms. The Balaban J connectivity index is 1.95. The summed E-state index contributed by atoms with van der Waals surface area (Å²) in [5.74, 6) is -0.455. The van der Waals surface area contributed by atoms with Gasteiger partial charge in [-0.1, -0.05) is 18.2 Å². The van der Waals surface area contributed by atoms with Crippen LogP contribution in [-0.4, -0.2) is 10.9 Å². The first kappa shape index (κ1) is 13.1. The summed E-state index contributed by atoms with van der Waals surface area (Å²) in [4.78, 5) is 22.3. The van der Waals surface area contributed by atoms with Gasteiger partial charge in [0.2, 0.25) is 0 Å². The molecule has 0 amide bonds. The Hall–Kier alpha value is -2.34. The highest BCUT2D eigenvalue weighted by molar-refractivity contribution is 7.95. The van der Waals surface area contributed by atoms with Crippen molar-refractivity contribution < 1.29 is 13.9 Å². The first-order valence-electron chi connectivity index (χ1n) is 5.35. The fraction of sp³-hybridized carbons (Fsp3) is 0. The van der Waals surface area contributed by atoms with Crippen molar-refractivity contribution in [2.45, 2.75) is 4.90 Å². The summed E-state index contributed by atoms with van der Waals surface area (Å²) in [5.41, 5.74) is 0.454. The molecule has 0 saturated carbocycles. The number of non-ortho nitro benzene ring substituents is 1. The van der Waals surface area contributed by atoms with Crippen LogP contribution in [0.3, 0.4) is 0 Å². The maximum absolute atomic E-state index is 11.6. The molecule has 5 nitrogen and oxygen atoms in total. The fourth-order valence-electron chi connectivity index (χ4n) is 1.33. The smallest absolute Gasteiger partial charge is 0.350 e. The Labute approximate surface area is 113 Å². The van der Waals surface area contributed by atoms with Crippen molar-refractivity contribution in [3.63, 3.8) is 0 Å². The Kier molecular flexibility index (Phi) is 4.15. The summed E-state index contributed by atoms with van der Waals surface area (Å²) in [6, 6.07) is 14.4. The third-order valence-corrected chi connectivity index (χ3v) is 2.97. The summed E-state index contributed by atoms with van der Waals surface area (Å²) in [6.07, 6.45) is 0. The first-order chi connectivity index (χ1) is 9.16. The van der Waals surface area contributed by atoms with Crippen LogP contribution in [0.4, 0.5) is 5.69 Å². The van der Waals surface area contributed by atoms with Gasteiger partial charge in [-0.2, -0.15) is 0 Å². The van der Waals surface area contributed by atoms with Gasteiger partial charge in [0.1, 0.15) is 0 Å². The zero-order chi connectivity index (χ0) is 13.7. The van der Waals surface area contributed by atoms with Crippen LogP contribution in [0.25, 0.3) is 0 Å². The van der Waals surface area contributed by atoms with E-state index in [0.29, 0.717) is 10.5 Å². The lowest BCUT2D eigenvalue weighted by Gasteiger charge is -2.02. The summed E-state index contributed by atoms with van der Waals surface area (Å²) in [6.45, 7) is 0. The van der Waals surface area contributed by atoms with Gasteiger partial charge in [-0.05, 0) is 24.3 Å². The average molecular weight is 275 g/mol. The second-order valence-electron chi connectivity index (χ2n) is 3.57. The summed E-state index contributed by atoms with van der Waals surface area (Å²) in [7, 11) is 0. The maximum atomic E-state index is 11.6. The predicted octanol–water partition coefficient (Wildman–Crippen LogP) is 3.46. The molecular weight excluding hydrogens is 266 g/mol. The van der Waals surface area contributed by atoms with E-state index in [1.54, 1.807) is 30.3 Å². The lowest BCUT2D eigenvalue weighted by atomic mass is 10.2. The van der Waals surface area contributed by atoms with Gasteiger partial charge in [0.25, 0.3) is 5.69 Å². The molecule has 0 spiro atoms. The van der Waals surface area contributed by atoms with E-state index in [0.717, 1.165) is 12.0 Å². The second kappa shape index (κ2) is 6.01. The molecule has 2 aromatic carbocycles. The fourth-order valence-corrected chi connectivity index (χ4v) is 1.85. The largest absolute Gasteiger partial charge is 0.382 e. The van der Waals surface area contributed by atoms with E-state index in [-0.39, 0.29) is 5.69 Å². The van der Waals surface area contributed by atoms with E-state index in [2.05, 4.69) is 0 Å². The van der Waals surface area contributed by atoms with Gasteiger partial charge in [-0.3, -0.25) is 10.1 Å². The highest BCUT2D eigenvalue weighted by Gasteiger charge is 2.09. The van der Waals surface area contributed by atoms with Gasteiger partial charge in [0.15, 0.2) is 0 Å². The van der Waals surface area contributed by atoms with Crippen LogP contribution in [0.15, 0.2) is 59.5 Å². The predicted molar refractivity (Wildman–Crippen MR) is 70.8 cm³/mol. The number of nitrogens with zero attached hydrogens (tertiary/aromatic N) is 1. The van der Waals surface area contributed by atoms with E-state index in [9.17, 15) is 14.9 Å². The van der Waals surface area contributed by atoms with Crippen LogP contribution >= 0.6 is 12.0 Å². The minimum Gasteiger partial charge on any atom is -0.382 e. The van der Waals surface area contributed by atoms with Crippen LogP contribution in [0, 0.1) is 10.1 Å². The molecule has 6 heteroatoms. The maximum Gasteiger partial charge on any atom is 0.350 e. The van der Waals surface area contributed by atoms with Crippen molar-refractivity contribution >= 4 is 23.7 Å². The number of carbonyl (C=O) groups is 1. The van der Waals surface area contributed by atoms with Crippen LogP contribution in [-0.2, 0) is 4.18 Å². The minimum absolute atomic E-state index is 0.00117. The number of carbonyl (C=O) groups excluding carboxylic acids is 1. The molecule has 0 aliphatic carbocycles. The van der Waals surface area contributed by atoms with Gasteiger partial charge in [0.05, 0.1) is 22.5 Å². The molecule has 0 atom stereocenters. The molecule has 0 radical (unpaired) electrons. The van der Waals surface area contributed by atoms with E-state index >= 15 is 0 Å². The number of hydrogen-bond acceptors (Lipinski definition) is 5. The first-order valence-corrected chi connectivity index (χ1v) is 6.09. The van der Waals surface area contributed by atoms with Crippen molar-refractivity contribution in [2.24, 2.45) is 0 Å². The van der Waals surface area contributed by atoms with Crippen LogP contribution in [0.1, 0.15) is 10.4 Å². The molecule has 0 aliphatic heterocycles. The highest BCUT2D eigenvalue weighted by atomic mass is 32.2. The molecule has 0 heterocycles. The van der Waals surface area contributed by atoms with E-state index in [1.165, 1.54) is 24.3 Å². The molecule has 0 aromatic heterocycles. The number of nitro benzene ring substituents is 1. The highest BCUT2D eigenvalue weighted by Crippen LogP contribution is 2.23. The van der Waals surface area contributed by atoms with Crippen molar-refractivity contribution in [3.05, 3.63) is 70.3 Å². The minimum atomic E-state index is -0.482. The molecule has 19 heavy (non-hydrogen) atoms. The molecule has 0 fully saturated rings. The molecule has 2 rings (SSSR count). The van der Waals surface area contributed by atoms with Crippen molar-refractivity contribution in [3.8, 4) is 0 Å². The topological polar surface area (TPSA) is 69.4 Å². The molecule has 96 valence electrons. The standard InChI is InChI=1S/C13H9NO4S/c15-13(10-4-2-1-3-5-10)18-19-12-8-6-11(7-9-12)14(16)17/h1-9H. The number of benzene rings is 2. The van der Waals surface area contributed by atoms with Gasteiger partial charge in [0, 0.05) is 17.0 Å². The normalized spacial score (nSPS) is 9.89. The lowest BCUT2D eigenvalue weighted by molar-refractivity contribution is -0.384. The Bertz CT molecular complexity index is 583. The van der Waals surface area contributed by atoms with Crippen molar-refractivity contribution in [1.82, 2.24) is 0 Å². The van der Waals surface area contributed by atoms with Gasteiger partial charge in [-0.25, -0.2) is 4.79 Å². The number of nitro groups is 1. The van der Waals surface area contributed by atoms with Gasteiger partial charge >= 0.3 is 5.97 Å². The number of hydrogen-bond donors (Lipinski definition) is 0. The molecule has 0 saturated heterocycles. The van der Waals surface area contributed by atoms with Crippen LogP contribution in [0.5, 0.6) is 0 Å². The lowest BCUT2D eigenvalue weighted by Crippen LogP contribution is -1.98. The van der Waals surface area contributed by atoms with Crippen molar-refractivity contribution in [1.29, 1.82) is 0 Å².